The highest BCUT2D eigenvalue weighted by atomic mass is 16.4. The van der Waals surface area contributed by atoms with Gasteiger partial charge in [-0.15, -0.1) is 0 Å². The van der Waals surface area contributed by atoms with Crippen LogP contribution in [0.5, 0.6) is 0 Å². The van der Waals surface area contributed by atoms with E-state index in [1.807, 2.05) is 12.1 Å². The van der Waals surface area contributed by atoms with E-state index in [2.05, 4.69) is 26.0 Å². The van der Waals surface area contributed by atoms with E-state index in [0.29, 0.717) is 0 Å². The number of aliphatic carboxylic acids is 1. The van der Waals surface area contributed by atoms with Crippen molar-refractivity contribution in [2.24, 2.45) is 11.8 Å². The Kier molecular flexibility index (Phi) is 3.01. The Morgan fingerprint density at radius 2 is 1.62 bits per heavy atom. The molecule has 0 spiro atoms. The lowest BCUT2D eigenvalue weighted by Crippen LogP contribution is -2.50. The van der Waals surface area contributed by atoms with Crippen molar-refractivity contribution in [1.29, 1.82) is 0 Å². The molecule has 0 saturated heterocycles. The average molecular weight is 286 g/mol. The van der Waals surface area contributed by atoms with Crippen molar-refractivity contribution in [3.63, 3.8) is 0 Å². The maximum atomic E-state index is 12.1. The summed E-state index contributed by atoms with van der Waals surface area (Å²) in [6, 6.07) is 8.29. The number of carbonyl (C=O) groups excluding carboxylic acids is 1. The topological polar surface area (TPSA) is 54.4 Å². The largest absolute Gasteiger partial charge is 0.481 e. The Labute approximate surface area is 125 Å². The molecular formula is C18H22O3. The molecule has 3 atom stereocenters. The van der Waals surface area contributed by atoms with Crippen molar-refractivity contribution in [2.45, 2.75) is 50.9 Å². The molecule has 21 heavy (non-hydrogen) atoms. The van der Waals surface area contributed by atoms with Gasteiger partial charge in [-0.1, -0.05) is 44.5 Å². The van der Waals surface area contributed by atoms with Crippen LogP contribution >= 0.6 is 0 Å². The zero-order valence-corrected chi connectivity index (χ0v) is 12.8. The molecule has 2 aliphatic rings. The summed E-state index contributed by atoms with van der Waals surface area (Å²) in [4.78, 5) is 23.8. The van der Waals surface area contributed by atoms with Crippen molar-refractivity contribution in [2.75, 3.05) is 0 Å². The molecule has 0 radical (unpaired) electrons. The summed E-state index contributed by atoms with van der Waals surface area (Å²) in [5.41, 5.74) is 2.08. The van der Waals surface area contributed by atoms with Crippen LogP contribution in [0.1, 0.15) is 51.2 Å². The van der Waals surface area contributed by atoms with Crippen molar-refractivity contribution >= 4 is 11.8 Å². The Bertz CT molecular complexity index is 570. The van der Waals surface area contributed by atoms with E-state index < -0.39 is 11.9 Å². The molecule has 3 rings (SSSR count). The van der Waals surface area contributed by atoms with Gasteiger partial charge in [0.05, 0.1) is 0 Å². The third kappa shape index (κ3) is 1.73. The Morgan fingerprint density at radius 3 is 2.00 bits per heavy atom. The highest BCUT2D eigenvalue weighted by Crippen LogP contribution is 2.63. The molecule has 1 fully saturated rings. The number of carboxylic acids is 1. The lowest BCUT2D eigenvalue weighted by molar-refractivity contribution is -0.151. The molecule has 2 aliphatic carbocycles. The first-order chi connectivity index (χ1) is 9.82. The quantitative estimate of drug-likeness (QED) is 0.867. The van der Waals surface area contributed by atoms with Gasteiger partial charge < -0.3 is 5.11 Å². The lowest BCUT2D eigenvalue weighted by Gasteiger charge is -2.47. The minimum Gasteiger partial charge on any atom is -0.481 e. The molecule has 2 bridgehead atoms. The number of carboxylic acid groups (broad SMARTS) is 1. The minimum absolute atomic E-state index is 0.147. The Morgan fingerprint density at radius 1 is 1.14 bits per heavy atom. The van der Waals surface area contributed by atoms with Crippen LogP contribution in [0.2, 0.25) is 0 Å². The number of hydrogen-bond acceptors (Lipinski definition) is 2. The van der Waals surface area contributed by atoms with Crippen LogP contribution < -0.4 is 0 Å². The maximum absolute atomic E-state index is 12.1. The van der Waals surface area contributed by atoms with E-state index >= 15 is 0 Å². The second-order valence-electron chi connectivity index (χ2n) is 7.14. The second-order valence-corrected chi connectivity index (χ2v) is 7.14. The normalized spacial score (nSPS) is 35.1. The second kappa shape index (κ2) is 4.43. The van der Waals surface area contributed by atoms with Crippen molar-refractivity contribution in [3.05, 3.63) is 35.4 Å². The smallest absolute Gasteiger partial charge is 0.314 e. The van der Waals surface area contributed by atoms with Gasteiger partial charge in [-0.3, -0.25) is 9.59 Å². The van der Waals surface area contributed by atoms with E-state index in [-0.39, 0.29) is 22.5 Å². The number of benzene rings is 1. The predicted octanol–water partition coefficient (Wildman–Crippen LogP) is 3.31. The summed E-state index contributed by atoms with van der Waals surface area (Å²) in [5.74, 6) is -2.25. The van der Waals surface area contributed by atoms with Gasteiger partial charge in [0.15, 0.2) is 0 Å². The molecule has 1 N–H and O–H groups in total. The summed E-state index contributed by atoms with van der Waals surface area (Å²) >= 11 is 0. The summed E-state index contributed by atoms with van der Waals surface area (Å²) in [7, 11) is 0. The standard InChI is InChI=1S/C18H22O3/c1-11(19)14(16(20)21)15-17(2)9-6-10-18(15,3)13-8-5-4-7-12(13)17/h4-5,7-8,14-15H,6,9-10H2,1-3H3,(H,20,21). The van der Waals surface area contributed by atoms with Crippen LogP contribution in [-0.4, -0.2) is 16.9 Å². The van der Waals surface area contributed by atoms with Gasteiger partial charge in [0.25, 0.3) is 0 Å². The molecule has 1 aromatic carbocycles. The number of Topliss-reactive ketones (excluding diaryl/α,β-unsaturated/α-hetero) is 1. The number of hydrogen-bond donors (Lipinski definition) is 1. The molecule has 0 aliphatic heterocycles. The maximum Gasteiger partial charge on any atom is 0.314 e. The fraction of sp³-hybridized carbons (Fsp3) is 0.556. The van der Waals surface area contributed by atoms with Crippen molar-refractivity contribution < 1.29 is 14.7 Å². The van der Waals surface area contributed by atoms with Gasteiger partial charge in [-0.05, 0) is 47.6 Å². The van der Waals surface area contributed by atoms with Gasteiger partial charge in [0.2, 0.25) is 0 Å². The monoisotopic (exact) mass is 286 g/mol. The van der Waals surface area contributed by atoms with Crippen LogP contribution in [0.3, 0.4) is 0 Å². The van der Waals surface area contributed by atoms with Crippen molar-refractivity contribution in [1.82, 2.24) is 0 Å². The summed E-state index contributed by atoms with van der Waals surface area (Å²) in [5, 5.41) is 9.65. The van der Waals surface area contributed by atoms with Gasteiger partial charge in [-0.2, -0.15) is 0 Å². The molecule has 3 heteroatoms. The van der Waals surface area contributed by atoms with Gasteiger partial charge in [0, 0.05) is 0 Å². The number of carbonyl (C=O) groups is 2. The van der Waals surface area contributed by atoms with Crippen LogP contribution in [0.15, 0.2) is 24.3 Å². The van der Waals surface area contributed by atoms with E-state index in [4.69, 9.17) is 0 Å². The predicted molar refractivity (Wildman–Crippen MR) is 80.3 cm³/mol. The Balaban J connectivity index is 2.24. The zero-order valence-electron chi connectivity index (χ0n) is 12.8. The van der Waals surface area contributed by atoms with E-state index in [1.165, 1.54) is 18.1 Å². The molecule has 1 aromatic rings. The molecule has 112 valence electrons. The van der Waals surface area contributed by atoms with Crippen molar-refractivity contribution in [3.8, 4) is 0 Å². The molecule has 3 nitrogen and oxygen atoms in total. The van der Waals surface area contributed by atoms with Crippen LogP contribution in [-0.2, 0) is 20.4 Å². The van der Waals surface area contributed by atoms with Crippen LogP contribution in [0, 0.1) is 11.8 Å². The lowest BCUT2D eigenvalue weighted by atomic mass is 9.55. The minimum atomic E-state index is -0.973. The first-order valence-electron chi connectivity index (χ1n) is 7.65. The highest BCUT2D eigenvalue weighted by Gasteiger charge is 2.62. The fourth-order valence-electron chi connectivity index (χ4n) is 5.21. The number of rotatable bonds is 3. The zero-order chi connectivity index (χ0) is 15.4. The summed E-state index contributed by atoms with van der Waals surface area (Å²) in [6.45, 7) is 5.73. The summed E-state index contributed by atoms with van der Waals surface area (Å²) < 4.78 is 0. The summed E-state index contributed by atoms with van der Waals surface area (Å²) in [6.07, 6.45) is 3.01. The molecule has 0 amide bonds. The fourth-order valence-corrected chi connectivity index (χ4v) is 5.21. The van der Waals surface area contributed by atoms with Crippen LogP contribution in [0.4, 0.5) is 0 Å². The first kappa shape index (κ1) is 14.3. The third-order valence-electron chi connectivity index (χ3n) is 5.96. The number of ketones is 1. The van der Waals surface area contributed by atoms with E-state index in [0.717, 1.165) is 19.3 Å². The van der Waals surface area contributed by atoms with Gasteiger partial charge in [-0.25, -0.2) is 0 Å². The highest BCUT2D eigenvalue weighted by molar-refractivity contribution is 5.98. The van der Waals surface area contributed by atoms with Gasteiger partial charge in [0.1, 0.15) is 11.7 Å². The average Bonchev–Trinajstić information content (AvgIpc) is 2.52. The van der Waals surface area contributed by atoms with E-state index in [9.17, 15) is 14.7 Å². The Hall–Kier alpha value is -1.64. The SMILES string of the molecule is CC(=O)C(C(=O)O)C1C2(C)CCCC1(C)c1ccccc12. The molecule has 0 aromatic heterocycles. The number of fused-ring (bicyclic) bond motifs is 5. The van der Waals surface area contributed by atoms with Gasteiger partial charge >= 0.3 is 5.97 Å². The van der Waals surface area contributed by atoms with E-state index in [1.54, 1.807) is 0 Å². The molecular weight excluding hydrogens is 264 g/mol. The molecule has 1 saturated carbocycles. The molecule has 0 heterocycles. The van der Waals surface area contributed by atoms with Crippen LogP contribution in [0.25, 0.3) is 0 Å². The third-order valence-corrected chi connectivity index (χ3v) is 5.96. The molecule has 3 unspecified atom stereocenters. The first-order valence-corrected chi connectivity index (χ1v) is 7.65.